The van der Waals surface area contributed by atoms with E-state index in [1.54, 1.807) is 32.0 Å². The van der Waals surface area contributed by atoms with Crippen molar-refractivity contribution >= 4 is 40.9 Å². The zero-order chi connectivity index (χ0) is 25.3. The number of halogens is 2. The minimum atomic E-state index is -0.912. The highest BCUT2D eigenvalue weighted by Crippen LogP contribution is 2.44. The molecule has 1 aliphatic heterocycles. The Morgan fingerprint density at radius 2 is 1.88 bits per heavy atom. The topological polar surface area (TPSA) is 109 Å². The van der Waals surface area contributed by atoms with Crippen LogP contribution in [0.2, 0.25) is 10.0 Å². The van der Waals surface area contributed by atoms with E-state index in [0.717, 1.165) is 0 Å². The molecule has 1 aromatic carbocycles. The normalized spacial score (nSPS) is 17.9. The van der Waals surface area contributed by atoms with Gasteiger partial charge in [-0.1, -0.05) is 41.9 Å². The molecule has 0 fully saturated rings. The molecule has 2 atom stereocenters. The number of methoxy groups -OCH3 is 1. The average molecular weight is 513 g/mol. The smallest absolute Gasteiger partial charge is 0.336 e. The summed E-state index contributed by atoms with van der Waals surface area (Å²) < 4.78 is 21.5. The second-order valence-corrected chi connectivity index (χ2v) is 8.51. The molecule has 1 aromatic rings. The average Bonchev–Trinajstić information content (AvgIpc) is 2.80. The van der Waals surface area contributed by atoms with Crippen molar-refractivity contribution in [3.63, 3.8) is 0 Å². The van der Waals surface area contributed by atoms with E-state index in [1.165, 1.54) is 7.11 Å². The Bertz CT molecular complexity index is 976. The number of hydrogen-bond acceptors (Lipinski definition) is 8. The molecule has 0 aromatic heterocycles. The Labute approximate surface area is 209 Å². The van der Waals surface area contributed by atoms with Crippen molar-refractivity contribution in [2.75, 3.05) is 46.7 Å². The summed E-state index contributed by atoms with van der Waals surface area (Å²) in [5.41, 5.74) is 7.46. The molecular formula is C24H30Cl2N2O6. The van der Waals surface area contributed by atoms with Crippen LogP contribution in [0.5, 0.6) is 0 Å². The zero-order valence-corrected chi connectivity index (χ0v) is 21.1. The second kappa shape index (κ2) is 13.6. The zero-order valence-electron chi connectivity index (χ0n) is 19.6. The summed E-state index contributed by atoms with van der Waals surface area (Å²) in [6, 6.07) is 5.03. The minimum Gasteiger partial charge on any atom is -0.468 e. The van der Waals surface area contributed by atoms with Crippen molar-refractivity contribution in [2.45, 2.75) is 19.8 Å². The molecule has 186 valence electrons. The largest absolute Gasteiger partial charge is 0.468 e. The summed E-state index contributed by atoms with van der Waals surface area (Å²) in [6.45, 7) is 8.60. The number of carbonyl (C=O) groups is 2. The van der Waals surface area contributed by atoms with Gasteiger partial charge >= 0.3 is 11.9 Å². The third kappa shape index (κ3) is 7.13. The minimum absolute atomic E-state index is 0.00494. The molecule has 0 saturated carbocycles. The highest BCUT2D eigenvalue weighted by molar-refractivity contribution is 6.42. The maximum atomic E-state index is 13.3. The van der Waals surface area contributed by atoms with E-state index in [9.17, 15) is 9.59 Å². The summed E-state index contributed by atoms with van der Waals surface area (Å²) in [5, 5.41) is 0.505. The van der Waals surface area contributed by atoms with Gasteiger partial charge in [0.2, 0.25) is 0 Å². The molecule has 0 radical (unpaired) electrons. The van der Waals surface area contributed by atoms with Gasteiger partial charge in [-0.05, 0) is 31.1 Å². The number of aliphatic imine (C=N–C) groups is 1. The fourth-order valence-electron chi connectivity index (χ4n) is 3.55. The molecule has 0 amide bonds. The lowest BCUT2D eigenvalue weighted by molar-refractivity contribution is -0.144. The molecular weight excluding hydrogens is 483 g/mol. The number of ether oxygens (including phenoxy) is 4. The van der Waals surface area contributed by atoms with Crippen LogP contribution in [-0.4, -0.2) is 64.3 Å². The van der Waals surface area contributed by atoms with Crippen molar-refractivity contribution in [3.8, 4) is 0 Å². The van der Waals surface area contributed by atoms with Gasteiger partial charge in [-0.25, -0.2) is 4.79 Å². The molecule has 0 bridgehead atoms. The molecule has 0 spiro atoms. The summed E-state index contributed by atoms with van der Waals surface area (Å²) >= 11 is 12.8. The van der Waals surface area contributed by atoms with Gasteiger partial charge in [0.1, 0.15) is 12.5 Å². The van der Waals surface area contributed by atoms with E-state index in [-0.39, 0.29) is 35.4 Å². The van der Waals surface area contributed by atoms with Gasteiger partial charge in [0.25, 0.3) is 0 Å². The maximum absolute atomic E-state index is 13.3. The van der Waals surface area contributed by atoms with Gasteiger partial charge in [0.15, 0.2) is 0 Å². The van der Waals surface area contributed by atoms with E-state index in [1.807, 2.05) is 0 Å². The Kier molecular flexibility index (Phi) is 11.2. The van der Waals surface area contributed by atoms with E-state index >= 15 is 0 Å². The van der Waals surface area contributed by atoms with Crippen LogP contribution in [0.15, 0.2) is 46.6 Å². The van der Waals surface area contributed by atoms with Crippen LogP contribution >= 0.6 is 23.2 Å². The first-order chi connectivity index (χ1) is 16.2. The number of nitrogens with zero attached hydrogens (tertiary/aromatic N) is 1. The molecule has 1 heterocycles. The molecule has 8 nitrogen and oxygen atoms in total. The van der Waals surface area contributed by atoms with Crippen molar-refractivity contribution in [3.05, 3.63) is 57.2 Å². The van der Waals surface area contributed by atoms with Gasteiger partial charge in [-0.15, -0.1) is 0 Å². The monoisotopic (exact) mass is 512 g/mol. The molecule has 10 heteroatoms. The third-order valence-electron chi connectivity index (χ3n) is 5.03. The van der Waals surface area contributed by atoms with Crippen molar-refractivity contribution in [1.29, 1.82) is 0 Å². The number of benzene rings is 1. The number of rotatable bonds is 12. The van der Waals surface area contributed by atoms with Crippen LogP contribution < -0.4 is 5.73 Å². The van der Waals surface area contributed by atoms with E-state index in [2.05, 4.69) is 11.6 Å². The third-order valence-corrected chi connectivity index (χ3v) is 5.86. The molecule has 2 N–H and O–H groups in total. The standard InChI is InChI=1S/C24H30Cl2N2O6/c1-14(2)12-34-24(30)21-18(13-33-11-10-32-9-8-27)28-15(3)19(23(29)31-4)20(21)16-6-5-7-17(25)22(16)26/h5-7,19-20H,1,8-13,27H2,2-4H3. The van der Waals surface area contributed by atoms with Crippen LogP contribution in [0, 0.1) is 5.92 Å². The van der Waals surface area contributed by atoms with Gasteiger partial charge in [-0.3, -0.25) is 9.79 Å². The van der Waals surface area contributed by atoms with Crippen LogP contribution in [-0.2, 0) is 28.5 Å². The molecule has 0 aliphatic carbocycles. The Balaban J connectivity index is 2.56. The molecule has 1 aliphatic rings. The molecule has 34 heavy (non-hydrogen) atoms. The fraction of sp³-hybridized carbons (Fsp3) is 0.458. The van der Waals surface area contributed by atoms with E-state index in [4.69, 9.17) is 47.9 Å². The van der Waals surface area contributed by atoms with Crippen LogP contribution in [0.4, 0.5) is 0 Å². The van der Waals surface area contributed by atoms with Crippen molar-refractivity contribution in [1.82, 2.24) is 0 Å². The molecule has 2 rings (SSSR count). The number of nitrogens with two attached hydrogens (primary N) is 1. The SMILES string of the molecule is C=C(C)COC(=O)C1=C(COCCOCCN)N=C(C)C(C(=O)OC)C1c1cccc(Cl)c1Cl. The van der Waals surface area contributed by atoms with Gasteiger partial charge in [0.05, 0.1) is 54.9 Å². The van der Waals surface area contributed by atoms with Crippen molar-refractivity contribution < 1.29 is 28.5 Å². The number of carbonyl (C=O) groups excluding carboxylic acids is 2. The first-order valence-corrected chi connectivity index (χ1v) is 11.5. The Morgan fingerprint density at radius 1 is 1.18 bits per heavy atom. The van der Waals surface area contributed by atoms with Crippen LogP contribution in [0.3, 0.4) is 0 Å². The quantitative estimate of drug-likeness (QED) is 0.258. The van der Waals surface area contributed by atoms with Gasteiger partial charge in [0, 0.05) is 18.2 Å². The molecule has 2 unspecified atom stereocenters. The highest BCUT2D eigenvalue weighted by Gasteiger charge is 2.44. The lowest BCUT2D eigenvalue weighted by atomic mass is 9.75. The summed E-state index contributed by atoms with van der Waals surface area (Å²) in [4.78, 5) is 30.7. The van der Waals surface area contributed by atoms with Crippen molar-refractivity contribution in [2.24, 2.45) is 16.6 Å². The van der Waals surface area contributed by atoms with Gasteiger partial charge < -0.3 is 24.7 Å². The lowest BCUT2D eigenvalue weighted by Gasteiger charge is -2.32. The molecule has 0 saturated heterocycles. The summed E-state index contributed by atoms with van der Waals surface area (Å²) in [6.07, 6.45) is 0. The fourth-order valence-corrected chi connectivity index (χ4v) is 3.98. The summed E-state index contributed by atoms with van der Waals surface area (Å²) in [7, 11) is 1.27. The van der Waals surface area contributed by atoms with Crippen LogP contribution in [0.25, 0.3) is 0 Å². The lowest BCUT2D eigenvalue weighted by Crippen LogP contribution is -2.37. The predicted octanol–water partition coefficient (Wildman–Crippen LogP) is 3.71. The van der Waals surface area contributed by atoms with Crippen LogP contribution in [0.1, 0.15) is 25.3 Å². The first-order valence-electron chi connectivity index (χ1n) is 10.7. The highest BCUT2D eigenvalue weighted by atomic mass is 35.5. The van der Waals surface area contributed by atoms with E-state index in [0.29, 0.717) is 42.3 Å². The maximum Gasteiger partial charge on any atom is 0.336 e. The summed E-state index contributed by atoms with van der Waals surface area (Å²) in [5.74, 6) is -2.99. The predicted molar refractivity (Wildman–Crippen MR) is 131 cm³/mol. The van der Waals surface area contributed by atoms with Gasteiger partial charge in [-0.2, -0.15) is 0 Å². The number of esters is 2. The van der Waals surface area contributed by atoms with E-state index < -0.39 is 23.8 Å². The second-order valence-electron chi connectivity index (χ2n) is 7.72. The Morgan fingerprint density at radius 3 is 2.53 bits per heavy atom. The Hall–Kier alpha value is -2.23. The first kappa shape index (κ1) is 28.0. The number of hydrogen-bond donors (Lipinski definition) is 1.